The minimum Gasteiger partial charge on any atom is -0.201 e. The van der Waals surface area contributed by atoms with Crippen molar-refractivity contribution >= 4 is 21.8 Å². The zero-order chi connectivity index (χ0) is 14.4. The lowest BCUT2D eigenvalue weighted by molar-refractivity contribution is 0.270. The average Bonchev–Trinajstić information content (AvgIpc) is 2.47. The van der Waals surface area contributed by atoms with Crippen molar-refractivity contribution in [2.24, 2.45) is 5.92 Å². The number of halogens is 1. The van der Waals surface area contributed by atoms with Gasteiger partial charge < -0.3 is 0 Å². The summed E-state index contributed by atoms with van der Waals surface area (Å²) in [5.74, 6) is 0.862. The molecule has 6 heteroatoms. The van der Waals surface area contributed by atoms with Crippen molar-refractivity contribution in [2.75, 3.05) is 25.5 Å². The Morgan fingerprint density at radius 2 is 1.85 bits per heavy atom. The lowest BCUT2D eigenvalue weighted by Gasteiger charge is -2.31. The molecule has 1 aliphatic rings. The number of hydrogen-bond acceptors (Lipinski definition) is 2. The van der Waals surface area contributed by atoms with Crippen molar-refractivity contribution in [1.29, 1.82) is 0 Å². The van der Waals surface area contributed by atoms with E-state index < -0.39 is 10.2 Å². The van der Waals surface area contributed by atoms with Gasteiger partial charge in [-0.25, -0.2) is 4.72 Å². The van der Waals surface area contributed by atoms with E-state index in [-0.39, 0.29) is 6.54 Å². The second kappa shape index (κ2) is 7.41. The van der Waals surface area contributed by atoms with Gasteiger partial charge in [-0.15, -0.1) is 11.6 Å². The highest BCUT2D eigenvalue weighted by Gasteiger charge is 2.27. The van der Waals surface area contributed by atoms with Crippen LogP contribution in [-0.2, 0) is 16.6 Å². The number of nitrogens with one attached hydrogen (secondary N) is 1. The van der Waals surface area contributed by atoms with Crippen LogP contribution in [0.25, 0.3) is 0 Å². The molecule has 112 valence electrons. The van der Waals surface area contributed by atoms with Crippen molar-refractivity contribution < 1.29 is 8.42 Å². The quantitative estimate of drug-likeness (QED) is 0.816. The van der Waals surface area contributed by atoms with Crippen LogP contribution in [0.1, 0.15) is 18.4 Å². The lowest BCUT2D eigenvalue weighted by atomic mass is 9.91. The first kappa shape index (κ1) is 15.8. The molecular formula is C14H21ClN2O2S. The van der Waals surface area contributed by atoms with E-state index in [0.717, 1.165) is 19.3 Å². The summed E-state index contributed by atoms with van der Waals surface area (Å²) in [6, 6.07) is 10.4. The van der Waals surface area contributed by atoms with E-state index in [1.807, 2.05) is 18.2 Å². The van der Waals surface area contributed by atoms with Crippen molar-refractivity contribution in [2.45, 2.75) is 19.3 Å². The Morgan fingerprint density at radius 3 is 2.45 bits per heavy atom. The molecule has 1 aromatic rings. The molecule has 0 radical (unpaired) electrons. The van der Waals surface area contributed by atoms with E-state index in [9.17, 15) is 8.42 Å². The number of hydrogen-bond donors (Lipinski definition) is 1. The Labute approximate surface area is 126 Å². The first-order valence-corrected chi connectivity index (χ1v) is 8.94. The second-order valence-corrected chi connectivity index (χ2v) is 7.25. The van der Waals surface area contributed by atoms with Gasteiger partial charge in [-0.1, -0.05) is 30.3 Å². The van der Waals surface area contributed by atoms with E-state index in [2.05, 4.69) is 16.9 Å². The summed E-state index contributed by atoms with van der Waals surface area (Å²) in [4.78, 5) is 0. The van der Waals surface area contributed by atoms with Gasteiger partial charge in [0.25, 0.3) is 10.2 Å². The van der Waals surface area contributed by atoms with Gasteiger partial charge >= 0.3 is 0 Å². The normalized spacial score (nSPS) is 18.2. The number of rotatable bonds is 6. The van der Waals surface area contributed by atoms with Crippen LogP contribution in [0.3, 0.4) is 0 Å². The van der Waals surface area contributed by atoms with Crippen molar-refractivity contribution in [3.05, 3.63) is 35.9 Å². The SMILES string of the molecule is O=S(=O)(NCCCl)N1CCC(Cc2ccccc2)CC1. The van der Waals surface area contributed by atoms with Crippen LogP contribution in [0.15, 0.2) is 30.3 Å². The molecule has 2 rings (SSSR count). The Balaban J connectivity index is 1.83. The van der Waals surface area contributed by atoms with E-state index in [1.54, 1.807) is 0 Å². The van der Waals surface area contributed by atoms with Crippen LogP contribution < -0.4 is 4.72 Å². The van der Waals surface area contributed by atoms with Crippen molar-refractivity contribution in [1.82, 2.24) is 9.03 Å². The summed E-state index contributed by atoms with van der Waals surface area (Å²) < 4.78 is 28.0. The first-order chi connectivity index (χ1) is 9.62. The summed E-state index contributed by atoms with van der Waals surface area (Å²) in [7, 11) is -3.34. The fourth-order valence-electron chi connectivity index (χ4n) is 2.56. The lowest BCUT2D eigenvalue weighted by Crippen LogP contribution is -2.45. The van der Waals surface area contributed by atoms with Crippen LogP contribution in [-0.4, -0.2) is 38.2 Å². The number of nitrogens with zero attached hydrogens (tertiary/aromatic N) is 1. The molecule has 0 atom stereocenters. The third-order valence-corrected chi connectivity index (χ3v) is 5.46. The maximum Gasteiger partial charge on any atom is 0.279 e. The predicted molar refractivity (Wildman–Crippen MR) is 82.1 cm³/mol. The summed E-state index contributed by atoms with van der Waals surface area (Å²) >= 11 is 5.51. The van der Waals surface area contributed by atoms with Crippen LogP contribution in [0.5, 0.6) is 0 Å². The highest BCUT2D eigenvalue weighted by Crippen LogP contribution is 2.22. The molecule has 0 unspecified atom stereocenters. The first-order valence-electron chi connectivity index (χ1n) is 6.96. The standard InChI is InChI=1S/C14H21ClN2O2S/c15-8-9-16-20(18,19)17-10-6-14(7-11-17)12-13-4-2-1-3-5-13/h1-5,14,16H,6-12H2. The van der Waals surface area contributed by atoms with Crippen LogP contribution in [0.4, 0.5) is 0 Å². The minimum atomic E-state index is -3.34. The highest BCUT2D eigenvalue weighted by molar-refractivity contribution is 7.87. The van der Waals surface area contributed by atoms with Crippen LogP contribution in [0.2, 0.25) is 0 Å². The maximum absolute atomic E-state index is 12.0. The van der Waals surface area contributed by atoms with E-state index in [4.69, 9.17) is 11.6 Å². The van der Waals surface area contributed by atoms with E-state index in [1.165, 1.54) is 9.87 Å². The fourth-order valence-corrected chi connectivity index (χ4v) is 4.00. The largest absolute Gasteiger partial charge is 0.279 e. The molecule has 1 aromatic carbocycles. The third-order valence-electron chi connectivity index (χ3n) is 3.66. The molecule has 0 spiro atoms. The Hall–Kier alpha value is -0.620. The molecule has 1 heterocycles. The highest BCUT2D eigenvalue weighted by atomic mass is 35.5. The molecule has 1 saturated heterocycles. The summed E-state index contributed by atoms with van der Waals surface area (Å²) in [6.45, 7) is 1.47. The van der Waals surface area contributed by atoms with Crippen molar-refractivity contribution in [3.63, 3.8) is 0 Å². The fraction of sp³-hybridized carbons (Fsp3) is 0.571. The molecule has 0 bridgehead atoms. The molecule has 0 aromatic heterocycles. The topological polar surface area (TPSA) is 49.4 Å². The van der Waals surface area contributed by atoms with Gasteiger partial charge in [-0.2, -0.15) is 12.7 Å². The molecule has 4 nitrogen and oxygen atoms in total. The average molecular weight is 317 g/mol. The molecule has 0 saturated carbocycles. The zero-order valence-electron chi connectivity index (χ0n) is 11.5. The molecule has 0 amide bonds. The zero-order valence-corrected chi connectivity index (χ0v) is 13.0. The number of alkyl halides is 1. The van der Waals surface area contributed by atoms with Gasteiger partial charge in [0.15, 0.2) is 0 Å². The maximum atomic E-state index is 12.0. The second-order valence-electron chi connectivity index (χ2n) is 5.12. The van der Waals surface area contributed by atoms with Crippen LogP contribution >= 0.6 is 11.6 Å². The minimum absolute atomic E-state index is 0.286. The molecule has 20 heavy (non-hydrogen) atoms. The molecule has 0 aliphatic carbocycles. The summed E-state index contributed by atoms with van der Waals surface area (Å²) in [5.41, 5.74) is 1.33. The van der Waals surface area contributed by atoms with Gasteiger partial charge in [0.05, 0.1) is 0 Å². The van der Waals surface area contributed by atoms with Gasteiger partial charge in [0.2, 0.25) is 0 Å². The van der Waals surface area contributed by atoms with Crippen molar-refractivity contribution in [3.8, 4) is 0 Å². The van der Waals surface area contributed by atoms with E-state index >= 15 is 0 Å². The van der Waals surface area contributed by atoms with Crippen LogP contribution in [0, 0.1) is 5.92 Å². The third kappa shape index (κ3) is 4.45. The van der Waals surface area contributed by atoms with Gasteiger partial charge in [0, 0.05) is 25.5 Å². The summed E-state index contributed by atoms with van der Waals surface area (Å²) in [6.07, 6.45) is 2.86. The van der Waals surface area contributed by atoms with Gasteiger partial charge in [-0.05, 0) is 30.7 Å². The summed E-state index contributed by atoms with van der Waals surface area (Å²) in [5, 5.41) is 0. The number of benzene rings is 1. The smallest absolute Gasteiger partial charge is 0.201 e. The van der Waals surface area contributed by atoms with Gasteiger partial charge in [0.1, 0.15) is 0 Å². The Morgan fingerprint density at radius 1 is 1.20 bits per heavy atom. The molecular weight excluding hydrogens is 296 g/mol. The number of piperidine rings is 1. The molecule has 1 aliphatic heterocycles. The monoisotopic (exact) mass is 316 g/mol. The van der Waals surface area contributed by atoms with Gasteiger partial charge in [-0.3, -0.25) is 0 Å². The molecule has 1 fully saturated rings. The Bertz CT molecular complexity index is 499. The predicted octanol–water partition coefficient (Wildman–Crippen LogP) is 2.01. The molecule has 1 N–H and O–H groups in total. The van der Waals surface area contributed by atoms with E-state index in [0.29, 0.717) is 24.9 Å². The Kier molecular flexibility index (Phi) is 5.84.